The van der Waals surface area contributed by atoms with Gasteiger partial charge in [0.2, 0.25) is 0 Å². The van der Waals surface area contributed by atoms with Crippen LogP contribution in [0.1, 0.15) is 24.4 Å². The first-order valence-electron chi connectivity index (χ1n) is 4.83. The molecule has 0 aromatic carbocycles. The Morgan fingerprint density at radius 3 is 2.94 bits per heavy atom. The summed E-state index contributed by atoms with van der Waals surface area (Å²) >= 11 is 0. The number of rotatable bonds is 6. The summed E-state index contributed by atoms with van der Waals surface area (Å²) in [4.78, 5) is 24.9. The lowest BCUT2D eigenvalue weighted by atomic mass is 10.0. The van der Waals surface area contributed by atoms with Gasteiger partial charge in [-0.2, -0.15) is 0 Å². The van der Waals surface area contributed by atoms with Gasteiger partial charge in [-0.3, -0.25) is 14.8 Å². The monoisotopic (exact) mass is 223 g/mol. The Morgan fingerprint density at radius 1 is 1.69 bits per heavy atom. The van der Waals surface area contributed by atoms with Gasteiger partial charge in [0.25, 0.3) is 0 Å². The Bertz CT molecular complexity index is 356. The summed E-state index contributed by atoms with van der Waals surface area (Å²) in [5.41, 5.74) is 0.783. The minimum atomic E-state index is -0.895. The van der Waals surface area contributed by atoms with Crippen LogP contribution >= 0.6 is 0 Å². The number of nitroso groups, excluding NO2 is 1. The zero-order valence-electron chi connectivity index (χ0n) is 8.91. The van der Waals surface area contributed by atoms with Gasteiger partial charge < -0.3 is 5.11 Å². The number of aromatic nitrogens is 1. The second-order valence-corrected chi connectivity index (χ2v) is 3.39. The number of hydrogen-bond donors (Lipinski definition) is 1. The number of carboxylic acids is 1. The highest BCUT2D eigenvalue weighted by atomic mass is 16.4. The molecule has 0 fully saturated rings. The van der Waals surface area contributed by atoms with Gasteiger partial charge in [0, 0.05) is 25.9 Å². The van der Waals surface area contributed by atoms with E-state index in [-0.39, 0.29) is 12.5 Å². The van der Waals surface area contributed by atoms with Crippen molar-refractivity contribution < 1.29 is 9.90 Å². The number of nitrogens with zero attached hydrogens (tertiary/aromatic N) is 3. The molecule has 1 aromatic rings. The van der Waals surface area contributed by atoms with Crippen molar-refractivity contribution in [1.82, 2.24) is 9.99 Å². The van der Waals surface area contributed by atoms with Gasteiger partial charge in [0.1, 0.15) is 0 Å². The molecule has 0 aliphatic rings. The smallest absolute Gasteiger partial charge is 0.303 e. The van der Waals surface area contributed by atoms with Gasteiger partial charge in [-0.15, -0.1) is 4.91 Å². The summed E-state index contributed by atoms with van der Waals surface area (Å²) in [5.74, 6) is -0.895. The first-order chi connectivity index (χ1) is 7.65. The van der Waals surface area contributed by atoms with Crippen LogP contribution in [0, 0.1) is 4.91 Å². The van der Waals surface area contributed by atoms with E-state index in [0.717, 1.165) is 5.56 Å². The Kier molecular flexibility index (Phi) is 4.38. The molecule has 1 rings (SSSR count). The fraction of sp³-hybridized carbons (Fsp3) is 0.400. The van der Waals surface area contributed by atoms with Crippen molar-refractivity contribution in [2.45, 2.75) is 18.9 Å². The predicted molar refractivity (Wildman–Crippen MR) is 57.4 cm³/mol. The fourth-order valence-corrected chi connectivity index (χ4v) is 1.46. The van der Waals surface area contributed by atoms with Crippen LogP contribution in [0.5, 0.6) is 0 Å². The van der Waals surface area contributed by atoms with E-state index in [1.54, 1.807) is 24.5 Å². The minimum Gasteiger partial charge on any atom is -0.481 e. The largest absolute Gasteiger partial charge is 0.481 e. The maximum Gasteiger partial charge on any atom is 0.303 e. The second kappa shape index (κ2) is 5.79. The topological polar surface area (TPSA) is 82.9 Å². The van der Waals surface area contributed by atoms with E-state index < -0.39 is 5.97 Å². The van der Waals surface area contributed by atoms with Crippen LogP contribution in [-0.2, 0) is 4.79 Å². The molecule has 0 aliphatic carbocycles. The third-order valence-electron chi connectivity index (χ3n) is 2.28. The van der Waals surface area contributed by atoms with E-state index in [1.807, 2.05) is 0 Å². The highest BCUT2D eigenvalue weighted by molar-refractivity contribution is 5.66. The third-order valence-corrected chi connectivity index (χ3v) is 2.28. The van der Waals surface area contributed by atoms with Crippen LogP contribution in [0.4, 0.5) is 0 Å². The van der Waals surface area contributed by atoms with E-state index in [0.29, 0.717) is 6.42 Å². The Labute approximate surface area is 92.9 Å². The van der Waals surface area contributed by atoms with E-state index in [2.05, 4.69) is 10.3 Å². The summed E-state index contributed by atoms with van der Waals surface area (Å²) in [6, 6.07) is 3.19. The van der Waals surface area contributed by atoms with Crippen molar-refractivity contribution in [3.63, 3.8) is 0 Å². The molecule has 0 saturated heterocycles. The average molecular weight is 223 g/mol. The van der Waals surface area contributed by atoms with Crippen molar-refractivity contribution in [3.8, 4) is 0 Å². The molecule has 1 N–H and O–H groups in total. The van der Waals surface area contributed by atoms with Crippen molar-refractivity contribution in [3.05, 3.63) is 35.0 Å². The summed E-state index contributed by atoms with van der Waals surface area (Å²) in [6.07, 6.45) is 3.53. The summed E-state index contributed by atoms with van der Waals surface area (Å²) in [5, 5.41) is 12.6. The average Bonchev–Trinajstić information content (AvgIpc) is 2.30. The molecule has 1 atom stereocenters. The molecule has 6 nitrogen and oxygen atoms in total. The highest BCUT2D eigenvalue weighted by Gasteiger charge is 2.18. The first kappa shape index (κ1) is 12.1. The molecule has 16 heavy (non-hydrogen) atoms. The molecule has 0 saturated carbocycles. The second-order valence-electron chi connectivity index (χ2n) is 3.39. The van der Waals surface area contributed by atoms with Crippen LogP contribution in [0.25, 0.3) is 0 Å². The minimum absolute atomic E-state index is 0.0145. The van der Waals surface area contributed by atoms with Crippen molar-refractivity contribution in [2.24, 2.45) is 5.29 Å². The summed E-state index contributed by atoms with van der Waals surface area (Å²) in [6.45, 7) is 0. The lowest BCUT2D eigenvalue weighted by Gasteiger charge is -2.22. The quantitative estimate of drug-likeness (QED) is 0.585. The van der Waals surface area contributed by atoms with Gasteiger partial charge in [-0.1, -0.05) is 6.07 Å². The molecule has 86 valence electrons. The van der Waals surface area contributed by atoms with Crippen molar-refractivity contribution in [1.29, 1.82) is 0 Å². The molecule has 0 spiro atoms. The molecule has 6 heteroatoms. The number of carbonyl (C=O) groups is 1. The molecular weight excluding hydrogens is 210 g/mol. The van der Waals surface area contributed by atoms with Crippen molar-refractivity contribution in [2.75, 3.05) is 7.05 Å². The maximum absolute atomic E-state index is 10.5. The van der Waals surface area contributed by atoms with Crippen LogP contribution < -0.4 is 0 Å². The Morgan fingerprint density at radius 2 is 2.44 bits per heavy atom. The molecule has 0 amide bonds. The first-order valence-corrected chi connectivity index (χ1v) is 4.83. The number of hydrogen-bond acceptors (Lipinski definition) is 4. The van der Waals surface area contributed by atoms with E-state index in [9.17, 15) is 9.70 Å². The zero-order valence-corrected chi connectivity index (χ0v) is 8.91. The maximum atomic E-state index is 10.5. The highest BCUT2D eigenvalue weighted by Crippen LogP contribution is 2.23. The SMILES string of the molecule is CN(N=O)[C@H](CCC(=O)O)c1cccnc1. The normalized spacial score (nSPS) is 11.8. The van der Waals surface area contributed by atoms with Crippen LogP contribution in [-0.4, -0.2) is 28.1 Å². The van der Waals surface area contributed by atoms with Crippen LogP contribution in [0.15, 0.2) is 29.8 Å². The summed E-state index contributed by atoms with van der Waals surface area (Å²) < 4.78 is 0. The predicted octanol–water partition coefficient (Wildman–Crippen LogP) is 1.60. The van der Waals surface area contributed by atoms with Crippen LogP contribution in [0.2, 0.25) is 0 Å². The number of carboxylic acid groups (broad SMARTS) is 1. The van der Waals surface area contributed by atoms with E-state index in [4.69, 9.17) is 5.11 Å². The number of pyridine rings is 1. The summed E-state index contributed by atoms with van der Waals surface area (Å²) in [7, 11) is 1.52. The Balaban J connectivity index is 2.79. The standard InChI is InChI=1S/C10H13N3O3/c1-13(12-16)9(4-5-10(14)15)8-3-2-6-11-7-8/h2-3,6-7,9H,4-5H2,1H3,(H,14,15)/t9-/m1/s1. The van der Waals surface area contributed by atoms with Gasteiger partial charge in [0.15, 0.2) is 0 Å². The molecule has 0 aliphatic heterocycles. The van der Waals surface area contributed by atoms with Gasteiger partial charge >= 0.3 is 5.97 Å². The molecular formula is C10H13N3O3. The van der Waals surface area contributed by atoms with E-state index >= 15 is 0 Å². The van der Waals surface area contributed by atoms with Gasteiger partial charge in [-0.25, -0.2) is 0 Å². The molecule has 0 bridgehead atoms. The Hall–Kier alpha value is -1.98. The lowest BCUT2D eigenvalue weighted by molar-refractivity contribution is -0.137. The van der Waals surface area contributed by atoms with Crippen LogP contribution in [0.3, 0.4) is 0 Å². The molecule has 0 unspecified atom stereocenters. The zero-order chi connectivity index (χ0) is 12.0. The molecule has 1 heterocycles. The van der Waals surface area contributed by atoms with E-state index in [1.165, 1.54) is 12.1 Å². The van der Waals surface area contributed by atoms with Gasteiger partial charge in [-0.05, 0) is 18.1 Å². The van der Waals surface area contributed by atoms with Crippen molar-refractivity contribution >= 4 is 5.97 Å². The van der Waals surface area contributed by atoms with Gasteiger partial charge in [0.05, 0.1) is 11.3 Å². The fourth-order valence-electron chi connectivity index (χ4n) is 1.46. The number of aliphatic carboxylic acids is 1. The molecule has 0 radical (unpaired) electrons. The lowest BCUT2D eigenvalue weighted by Crippen LogP contribution is -2.19. The molecule has 1 aromatic heterocycles. The third kappa shape index (κ3) is 3.30.